The largest absolute Gasteiger partial charge is 0.494 e. The van der Waals surface area contributed by atoms with Crippen LogP contribution >= 0.6 is 12.2 Å². The van der Waals surface area contributed by atoms with Gasteiger partial charge in [-0.2, -0.15) is 0 Å². The van der Waals surface area contributed by atoms with Crippen LogP contribution < -0.4 is 5.56 Å². The molecule has 1 aromatic heterocycles. The van der Waals surface area contributed by atoms with Crippen LogP contribution in [0.3, 0.4) is 0 Å². The first-order chi connectivity index (χ1) is 10.1. The Morgan fingerprint density at radius 2 is 2.05 bits per heavy atom. The van der Waals surface area contributed by atoms with Gasteiger partial charge < -0.3 is 10.1 Å². The second-order valence-electron chi connectivity index (χ2n) is 4.82. The summed E-state index contributed by atoms with van der Waals surface area (Å²) in [6, 6.07) is 10.2. The smallest absolute Gasteiger partial charge is 0.264 e. The number of rotatable bonds is 5. The summed E-state index contributed by atoms with van der Waals surface area (Å²) in [5.74, 6) is -0.261. The van der Waals surface area contributed by atoms with Gasteiger partial charge in [-0.3, -0.25) is 14.8 Å². The second-order valence-corrected chi connectivity index (χ2v) is 5.23. The van der Waals surface area contributed by atoms with Gasteiger partial charge in [0.15, 0.2) is 4.77 Å². The molecule has 0 saturated heterocycles. The first kappa shape index (κ1) is 15.2. The molecule has 2 rings (SSSR count). The maximum atomic E-state index is 11.7. The number of nitrogens with one attached hydrogen (secondary N) is 2. The number of H-pyrrole nitrogens is 2. The highest BCUT2D eigenvalue weighted by Crippen LogP contribution is 2.08. The van der Waals surface area contributed by atoms with Crippen molar-refractivity contribution in [1.29, 1.82) is 0 Å². The standard InChI is InChI=1S/C15H17N3O2S/c1-10(7-8-11-5-3-2-4-6-11)16-9-12-13(19)17-15(21)18-14(12)20/h2-6,9-10H,7-8H2,1H3,(H3,17,18,19,20,21)/t10-/m0/s1. The second kappa shape index (κ2) is 6.99. The Bertz CT molecular complexity index is 735. The van der Waals surface area contributed by atoms with Crippen molar-refractivity contribution in [3.8, 4) is 5.88 Å². The summed E-state index contributed by atoms with van der Waals surface area (Å²) in [7, 11) is 0. The van der Waals surface area contributed by atoms with E-state index in [1.165, 1.54) is 11.8 Å². The quantitative estimate of drug-likeness (QED) is 0.586. The molecule has 0 spiro atoms. The van der Waals surface area contributed by atoms with Crippen molar-refractivity contribution in [2.75, 3.05) is 0 Å². The maximum absolute atomic E-state index is 11.7. The van der Waals surface area contributed by atoms with Crippen molar-refractivity contribution in [1.82, 2.24) is 9.97 Å². The van der Waals surface area contributed by atoms with Crippen molar-refractivity contribution in [3.63, 3.8) is 0 Å². The van der Waals surface area contributed by atoms with Crippen LogP contribution in [-0.2, 0) is 6.42 Å². The van der Waals surface area contributed by atoms with Gasteiger partial charge in [0.05, 0.1) is 0 Å². The predicted molar refractivity (Wildman–Crippen MR) is 85.7 cm³/mol. The fourth-order valence-corrected chi connectivity index (χ4v) is 2.09. The summed E-state index contributed by atoms with van der Waals surface area (Å²) in [5, 5.41) is 9.66. The third-order valence-electron chi connectivity index (χ3n) is 3.11. The van der Waals surface area contributed by atoms with Gasteiger partial charge >= 0.3 is 0 Å². The molecule has 0 amide bonds. The molecule has 0 bridgehead atoms. The van der Waals surface area contributed by atoms with Crippen LogP contribution in [0.5, 0.6) is 5.88 Å². The lowest BCUT2D eigenvalue weighted by Crippen LogP contribution is -2.14. The number of hydrogen-bond donors (Lipinski definition) is 3. The molecular formula is C15H17N3O2S. The zero-order chi connectivity index (χ0) is 15.2. The highest BCUT2D eigenvalue weighted by atomic mass is 32.1. The van der Waals surface area contributed by atoms with Crippen LogP contribution in [0.2, 0.25) is 0 Å². The maximum Gasteiger partial charge on any atom is 0.264 e. The molecule has 5 nitrogen and oxygen atoms in total. The minimum Gasteiger partial charge on any atom is -0.494 e. The summed E-state index contributed by atoms with van der Waals surface area (Å²) in [6.45, 7) is 1.97. The summed E-state index contributed by atoms with van der Waals surface area (Å²) in [6.07, 6.45) is 3.16. The van der Waals surface area contributed by atoms with E-state index in [4.69, 9.17) is 12.2 Å². The molecule has 6 heteroatoms. The Morgan fingerprint density at radius 1 is 1.33 bits per heavy atom. The van der Waals surface area contributed by atoms with E-state index in [1.54, 1.807) is 0 Å². The van der Waals surface area contributed by atoms with Gasteiger partial charge in [-0.05, 0) is 37.5 Å². The third kappa shape index (κ3) is 4.39. The zero-order valence-electron chi connectivity index (χ0n) is 11.7. The molecule has 0 aliphatic heterocycles. The topological polar surface area (TPSA) is 81.2 Å². The van der Waals surface area contributed by atoms with Gasteiger partial charge in [0.2, 0.25) is 5.88 Å². The van der Waals surface area contributed by atoms with Crippen molar-refractivity contribution in [3.05, 3.63) is 56.6 Å². The normalized spacial score (nSPS) is 12.6. The Hall–Kier alpha value is -2.21. The van der Waals surface area contributed by atoms with Crippen LogP contribution in [0.4, 0.5) is 0 Å². The number of aliphatic imine (C=N–C) groups is 1. The monoisotopic (exact) mass is 303 g/mol. The van der Waals surface area contributed by atoms with E-state index in [0.29, 0.717) is 0 Å². The molecule has 0 fully saturated rings. The SMILES string of the molecule is C[C@@H](CCc1ccccc1)N=Cc1c(O)[nH]c(=S)[nH]c1=O. The molecule has 1 atom stereocenters. The van der Waals surface area contributed by atoms with Crippen LogP contribution in [-0.4, -0.2) is 27.3 Å². The van der Waals surface area contributed by atoms with E-state index in [-0.39, 0.29) is 22.3 Å². The molecular weight excluding hydrogens is 286 g/mol. The Kier molecular flexibility index (Phi) is 5.05. The molecule has 1 aromatic carbocycles. The average Bonchev–Trinajstić information content (AvgIpc) is 2.45. The molecule has 0 aliphatic carbocycles. The van der Waals surface area contributed by atoms with E-state index in [2.05, 4.69) is 27.1 Å². The molecule has 2 aromatic rings. The lowest BCUT2D eigenvalue weighted by atomic mass is 10.1. The lowest BCUT2D eigenvalue weighted by molar-refractivity contribution is 0.449. The number of nitrogens with zero attached hydrogens (tertiary/aromatic N) is 1. The Balaban J connectivity index is 2.01. The van der Waals surface area contributed by atoms with Gasteiger partial charge in [0, 0.05) is 12.3 Å². The first-order valence-electron chi connectivity index (χ1n) is 6.69. The summed E-state index contributed by atoms with van der Waals surface area (Å²) in [5.41, 5.74) is 0.898. The molecule has 110 valence electrons. The van der Waals surface area contributed by atoms with E-state index in [9.17, 15) is 9.90 Å². The number of aryl methyl sites for hydroxylation is 1. The van der Waals surface area contributed by atoms with Crippen molar-refractivity contribution < 1.29 is 5.11 Å². The van der Waals surface area contributed by atoms with Gasteiger partial charge in [-0.1, -0.05) is 30.3 Å². The minimum atomic E-state index is -0.449. The van der Waals surface area contributed by atoms with E-state index in [0.717, 1.165) is 12.8 Å². The van der Waals surface area contributed by atoms with Gasteiger partial charge in [0.25, 0.3) is 5.56 Å². The van der Waals surface area contributed by atoms with Gasteiger partial charge in [0.1, 0.15) is 5.56 Å². The van der Waals surface area contributed by atoms with Gasteiger partial charge in [-0.25, -0.2) is 0 Å². The molecule has 0 aliphatic rings. The first-order valence-corrected chi connectivity index (χ1v) is 7.10. The Labute approximate surface area is 127 Å². The molecule has 21 heavy (non-hydrogen) atoms. The average molecular weight is 303 g/mol. The number of benzene rings is 1. The highest BCUT2D eigenvalue weighted by Gasteiger charge is 2.05. The van der Waals surface area contributed by atoms with Crippen LogP contribution in [0, 0.1) is 4.77 Å². The highest BCUT2D eigenvalue weighted by molar-refractivity contribution is 7.71. The number of aromatic hydroxyl groups is 1. The Morgan fingerprint density at radius 3 is 2.71 bits per heavy atom. The van der Waals surface area contributed by atoms with Crippen molar-refractivity contribution >= 4 is 18.4 Å². The predicted octanol–water partition coefficient (Wildman–Crippen LogP) is 2.58. The summed E-state index contributed by atoms with van der Waals surface area (Å²) in [4.78, 5) is 20.9. The number of aromatic amines is 2. The fraction of sp³-hybridized carbons (Fsp3) is 0.267. The zero-order valence-corrected chi connectivity index (χ0v) is 12.5. The molecule has 1 heterocycles. The third-order valence-corrected chi connectivity index (χ3v) is 3.31. The number of hydrogen-bond acceptors (Lipinski definition) is 4. The van der Waals surface area contributed by atoms with E-state index >= 15 is 0 Å². The summed E-state index contributed by atoms with van der Waals surface area (Å²) >= 11 is 4.76. The molecule has 0 radical (unpaired) electrons. The van der Waals surface area contributed by atoms with E-state index in [1.807, 2.05) is 25.1 Å². The van der Waals surface area contributed by atoms with E-state index < -0.39 is 5.56 Å². The van der Waals surface area contributed by atoms with Crippen LogP contribution in [0.1, 0.15) is 24.5 Å². The van der Waals surface area contributed by atoms with Crippen LogP contribution in [0.15, 0.2) is 40.1 Å². The van der Waals surface area contributed by atoms with Crippen molar-refractivity contribution in [2.45, 2.75) is 25.8 Å². The lowest BCUT2D eigenvalue weighted by Gasteiger charge is -2.06. The molecule has 0 unspecified atom stereocenters. The molecule has 3 N–H and O–H groups in total. The fourth-order valence-electron chi connectivity index (χ4n) is 1.90. The van der Waals surface area contributed by atoms with Gasteiger partial charge in [-0.15, -0.1) is 0 Å². The number of aromatic nitrogens is 2. The van der Waals surface area contributed by atoms with Crippen molar-refractivity contribution in [2.24, 2.45) is 4.99 Å². The van der Waals surface area contributed by atoms with Crippen LogP contribution in [0.25, 0.3) is 0 Å². The summed E-state index contributed by atoms with van der Waals surface area (Å²) < 4.78 is 0.0896. The molecule has 0 saturated carbocycles. The minimum absolute atomic E-state index is 0.0483.